The largest absolute Gasteiger partial charge is 0.301 e. The van der Waals surface area contributed by atoms with Crippen molar-refractivity contribution in [1.82, 2.24) is 9.80 Å². The quantitative estimate of drug-likeness (QED) is 0.675. The van der Waals surface area contributed by atoms with Crippen LogP contribution >= 0.6 is 0 Å². The van der Waals surface area contributed by atoms with Gasteiger partial charge in [0.15, 0.2) is 0 Å². The van der Waals surface area contributed by atoms with Crippen molar-refractivity contribution in [2.24, 2.45) is 5.92 Å². The van der Waals surface area contributed by atoms with Crippen LogP contribution in [0, 0.1) is 5.92 Å². The van der Waals surface area contributed by atoms with Crippen molar-refractivity contribution in [2.75, 3.05) is 19.6 Å². The van der Waals surface area contributed by atoms with Crippen LogP contribution in [0.1, 0.15) is 47.5 Å². The second kappa shape index (κ2) is 4.30. The number of nitrogens with zero attached hydrogens (tertiary/aromatic N) is 2. The highest BCUT2D eigenvalue weighted by atomic mass is 15.3. The highest BCUT2D eigenvalue weighted by Crippen LogP contribution is 2.36. The lowest BCUT2D eigenvalue weighted by atomic mass is 9.90. The summed E-state index contributed by atoms with van der Waals surface area (Å²) in [5.41, 5.74) is 0.361. The van der Waals surface area contributed by atoms with E-state index in [4.69, 9.17) is 0 Å². The van der Waals surface area contributed by atoms with E-state index in [1.54, 1.807) is 0 Å². The topological polar surface area (TPSA) is 6.48 Å². The van der Waals surface area contributed by atoms with Gasteiger partial charge in [0.25, 0.3) is 0 Å². The first-order valence-corrected chi connectivity index (χ1v) is 6.90. The molecule has 16 heavy (non-hydrogen) atoms. The van der Waals surface area contributed by atoms with Gasteiger partial charge in [-0.1, -0.05) is 0 Å². The third-order valence-corrected chi connectivity index (χ3v) is 4.46. The molecule has 0 aromatic carbocycles. The molecule has 2 nitrogen and oxygen atoms in total. The van der Waals surface area contributed by atoms with Crippen LogP contribution < -0.4 is 0 Å². The molecule has 2 heteroatoms. The molecule has 2 atom stereocenters. The zero-order valence-electron chi connectivity index (χ0n) is 11.7. The van der Waals surface area contributed by atoms with Gasteiger partial charge in [0.1, 0.15) is 0 Å². The number of likely N-dealkylation sites (tertiary alicyclic amines) is 2. The number of hydrogen-bond acceptors (Lipinski definition) is 2. The Labute approximate surface area is 101 Å². The highest BCUT2D eigenvalue weighted by Gasteiger charge is 2.42. The smallest absolute Gasteiger partial charge is 0.0154 e. The summed E-state index contributed by atoms with van der Waals surface area (Å²) in [5, 5.41) is 0. The lowest BCUT2D eigenvalue weighted by Gasteiger charge is -2.44. The number of piperidine rings is 1. The second-order valence-corrected chi connectivity index (χ2v) is 6.86. The SMILES string of the molecule is CC(C)N1CCC2C(CCN2C(C)(C)C)C1. The summed E-state index contributed by atoms with van der Waals surface area (Å²) in [6.07, 6.45) is 2.78. The molecule has 0 radical (unpaired) electrons. The van der Waals surface area contributed by atoms with Gasteiger partial charge in [-0.2, -0.15) is 0 Å². The zero-order valence-corrected chi connectivity index (χ0v) is 11.7. The molecule has 2 heterocycles. The third-order valence-electron chi connectivity index (χ3n) is 4.46. The van der Waals surface area contributed by atoms with Gasteiger partial charge in [-0.25, -0.2) is 0 Å². The average molecular weight is 224 g/mol. The maximum absolute atomic E-state index is 2.75. The van der Waals surface area contributed by atoms with Crippen molar-refractivity contribution >= 4 is 0 Å². The van der Waals surface area contributed by atoms with Crippen LogP contribution in [0.4, 0.5) is 0 Å². The van der Waals surface area contributed by atoms with E-state index in [0.717, 1.165) is 18.0 Å². The third kappa shape index (κ3) is 2.28. The molecule has 2 unspecified atom stereocenters. The molecule has 2 aliphatic rings. The number of rotatable bonds is 1. The molecular formula is C14H28N2. The minimum atomic E-state index is 0.361. The Balaban J connectivity index is 2.01. The van der Waals surface area contributed by atoms with Crippen molar-refractivity contribution in [3.8, 4) is 0 Å². The first-order valence-electron chi connectivity index (χ1n) is 6.90. The molecule has 0 bridgehead atoms. The van der Waals surface area contributed by atoms with Crippen molar-refractivity contribution < 1.29 is 0 Å². The van der Waals surface area contributed by atoms with Gasteiger partial charge in [0.05, 0.1) is 0 Å². The van der Waals surface area contributed by atoms with E-state index in [9.17, 15) is 0 Å². The second-order valence-electron chi connectivity index (χ2n) is 6.86. The molecule has 2 fully saturated rings. The molecule has 0 aromatic rings. The fourth-order valence-electron chi connectivity index (χ4n) is 3.51. The van der Waals surface area contributed by atoms with Gasteiger partial charge in [-0.3, -0.25) is 4.90 Å². The van der Waals surface area contributed by atoms with E-state index in [1.807, 2.05) is 0 Å². The maximum Gasteiger partial charge on any atom is 0.0154 e. The van der Waals surface area contributed by atoms with Crippen LogP contribution in [0.15, 0.2) is 0 Å². The van der Waals surface area contributed by atoms with Gasteiger partial charge in [-0.05, 0) is 66.5 Å². The molecule has 2 saturated heterocycles. The number of fused-ring (bicyclic) bond motifs is 1. The summed E-state index contributed by atoms with van der Waals surface area (Å²) < 4.78 is 0. The van der Waals surface area contributed by atoms with Crippen LogP contribution in [-0.2, 0) is 0 Å². The van der Waals surface area contributed by atoms with E-state index >= 15 is 0 Å². The van der Waals surface area contributed by atoms with Crippen LogP contribution in [0.3, 0.4) is 0 Å². The average Bonchev–Trinajstić information content (AvgIpc) is 2.58. The van der Waals surface area contributed by atoms with Gasteiger partial charge in [0, 0.05) is 24.2 Å². The molecular weight excluding hydrogens is 196 g/mol. The van der Waals surface area contributed by atoms with Crippen molar-refractivity contribution in [2.45, 2.75) is 65.1 Å². The Morgan fingerprint density at radius 2 is 1.75 bits per heavy atom. The molecule has 0 aliphatic carbocycles. The van der Waals surface area contributed by atoms with Gasteiger partial charge >= 0.3 is 0 Å². The lowest BCUT2D eigenvalue weighted by molar-refractivity contribution is 0.0479. The van der Waals surface area contributed by atoms with Gasteiger partial charge in [0.2, 0.25) is 0 Å². The predicted octanol–water partition coefficient (Wildman–Crippen LogP) is 2.59. The van der Waals surface area contributed by atoms with Crippen LogP contribution in [-0.4, -0.2) is 47.1 Å². The van der Waals surface area contributed by atoms with Crippen molar-refractivity contribution in [3.05, 3.63) is 0 Å². The first-order chi connectivity index (χ1) is 7.39. The molecule has 0 aromatic heterocycles. The zero-order chi connectivity index (χ0) is 11.9. The van der Waals surface area contributed by atoms with Crippen LogP contribution in [0.5, 0.6) is 0 Å². The first kappa shape index (κ1) is 12.4. The summed E-state index contributed by atoms with van der Waals surface area (Å²) in [7, 11) is 0. The summed E-state index contributed by atoms with van der Waals surface area (Å²) in [6.45, 7) is 15.7. The van der Waals surface area contributed by atoms with E-state index in [2.05, 4.69) is 44.4 Å². The van der Waals surface area contributed by atoms with Crippen LogP contribution in [0.2, 0.25) is 0 Å². The molecule has 2 rings (SSSR count). The molecule has 94 valence electrons. The summed E-state index contributed by atoms with van der Waals surface area (Å²) >= 11 is 0. The normalized spacial score (nSPS) is 33.4. The van der Waals surface area contributed by atoms with Crippen LogP contribution in [0.25, 0.3) is 0 Å². The molecule has 0 saturated carbocycles. The Bertz CT molecular complexity index is 242. The standard InChI is InChI=1S/C14H28N2/c1-11(2)15-8-7-13-12(10-15)6-9-16(13)14(3,4)5/h11-13H,6-10H2,1-5H3. The Morgan fingerprint density at radius 1 is 1.06 bits per heavy atom. The number of hydrogen-bond donors (Lipinski definition) is 0. The molecule has 2 aliphatic heterocycles. The predicted molar refractivity (Wildman–Crippen MR) is 69.7 cm³/mol. The summed E-state index contributed by atoms with van der Waals surface area (Å²) in [6, 6.07) is 1.58. The Kier molecular flexibility index (Phi) is 3.33. The van der Waals surface area contributed by atoms with E-state index < -0.39 is 0 Å². The fraction of sp³-hybridized carbons (Fsp3) is 1.00. The van der Waals surface area contributed by atoms with Crippen molar-refractivity contribution in [3.63, 3.8) is 0 Å². The van der Waals surface area contributed by atoms with Gasteiger partial charge in [-0.15, -0.1) is 0 Å². The Morgan fingerprint density at radius 3 is 2.31 bits per heavy atom. The Hall–Kier alpha value is -0.0800. The summed E-state index contributed by atoms with van der Waals surface area (Å²) in [4.78, 5) is 5.41. The fourth-order valence-corrected chi connectivity index (χ4v) is 3.51. The minimum absolute atomic E-state index is 0.361. The van der Waals surface area contributed by atoms with E-state index in [0.29, 0.717) is 5.54 Å². The maximum atomic E-state index is 2.75. The molecule has 0 amide bonds. The van der Waals surface area contributed by atoms with Gasteiger partial charge < -0.3 is 4.90 Å². The van der Waals surface area contributed by atoms with Crippen molar-refractivity contribution in [1.29, 1.82) is 0 Å². The highest BCUT2D eigenvalue weighted by molar-refractivity contribution is 4.97. The van der Waals surface area contributed by atoms with E-state index in [-0.39, 0.29) is 0 Å². The van der Waals surface area contributed by atoms with E-state index in [1.165, 1.54) is 32.5 Å². The molecule has 0 spiro atoms. The minimum Gasteiger partial charge on any atom is -0.301 e. The lowest BCUT2D eigenvalue weighted by Crippen LogP contribution is -2.52. The monoisotopic (exact) mass is 224 g/mol. The molecule has 0 N–H and O–H groups in total. The summed E-state index contributed by atoms with van der Waals surface area (Å²) in [5.74, 6) is 0.926.